The van der Waals surface area contributed by atoms with Gasteiger partial charge in [0.05, 0.1) is 0 Å². The van der Waals surface area contributed by atoms with Crippen molar-refractivity contribution in [2.45, 2.75) is 17.1 Å². The van der Waals surface area contributed by atoms with Crippen LogP contribution in [0.25, 0.3) is 0 Å². The third-order valence-electron chi connectivity index (χ3n) is 1.73. The molecule has 0 fully saturated rings. The van der Waals surface area contributed by atoms with E-state index in [0.717, 1.165) is 10.7 Å². The van der Waals surface area contributed by atoms with Gasteiger partial charge in [-0.15, -0.1) is 0 Å². The Kier molecular flexibility index (Phi) is 2.82. The Morgan fingerprint density at radius 1 is 1.20 bits per heavy atom. The summed E-state index contributed by atoms with van der Waals surface area (Å²) >= 11 is 1.40. The number of hydrogen-bond donors (Lipinski definition) is 1. The molecule has 0 unspecified atom stereocenters. The topological polar surface area (TPSA) is 64.7 Å². The number of anilines is 1. The highest BCUT2D eigenvalue weighted by Crippen LogP contribution is 2.23. The Bertz CT molecular complexity index is 429. The first-order valence-corrected chi connectivity index (χ1v) is 5.25. The largest absolute Gasteiger partial charge is 0.399 e. The van der Waals surface area contributed by atoms with E-state index in [-0.39, 0.29) is 0 Å². The second-order valence-corrected chi connectivity index (χ2v) is 4.00. The summed E-state index contributed by atoms with van der Waals surface area (Å²) in [5.74, 6) is 0. The van der Waals surface area contributed by atoms with Crippen LogP contribution in [0.4, 0.5) is 5.69 Å². The molecule has 0 aromatic carbocycles. The van der Waals surface area contributed by atoms with E-state index < -0.39 is 0 Å². The van der Waals surface area contributed by atoms with Crippen LogP contribution in [-0.2, 0) is 0 Å². The van der Waals surface area contributed by atoms with E-state index in [1.54, 1.807) is 24.5 Å². The molecule has 5 heteroatoms. The number of aryl methyl sites for hydroxylation is 1. The van der Waals surface area contributed by atoms with Crippen molar-refractivity contribution in [2.75, 3.05) is 5.73 Å². The second-order valence-electron chi connectivity index (χ2n) is 3.01. The van der Waals surface area contributed by atoms with Gasteiger partial charge in [-0.3, -0.25) is 0 Å². The van der Waals surface area contributed by atoms with Gasteiger partial charge < -0.3 is 5.73 Å². The average Bonchev–Trinajstić information content (AvgIpc) is 2.17. The van der Waals surface area contributed by atoms with Crippen LogP contribution in [0.2, 0.25) is 0 Å². The third kappa shape index (κ3) is 2.66. The van der Waals surface area contributed by atoms with E-state index in [9.17, 15) is 0 Å². The Morgan fingerprint density at radius 2 is 2.00 bits per heavy atom. The minimum absolute atomic E-state index is 0.688. The van der Waals surface area contributed by atoms with Crippen LogP contribution in [0, 0.1) is 6.92 Å². The van der Waals surface area contributed by atoms with Gasteiger partial charge in [-0.2, -0.15) is 0 Å². The Hall–Kier alpha value is -1.62. The molecule has 2 aromatic rings. The van der Waals surface area contributed by atoms with Crippen molar-refractivity contribution in [1.82, 2.24) is 15.0 Å². The van der Waals surface area contributed by atoms with Crippen LogP contribution in [0.3, 0.4) is 0 Å². The molecule has 0 aliphatic heterocycles. The summed E-state index contributed by atoms with van der Waals surface area (Å²) in [6.45, 7) is 1.93. The summed E-state index contributed by atoms with van der Waals surface area (Å²) in [6, 6.07) is 5.41. The summed E-state index contributed by atoms with van der Waals surface area (Å²) in [6.07, 6.45) is 3.41. The van der Waals surface area contributed by atoms with E-state index >= 15 is 0 Å². The molecule has 2 rings (SSSR count). The molecule has 0 aliphatic rings. The molecule has 0 saturated heterocycles. The fraction of sp³-hybridized carbons (Fsp3) is 0.100. The summed E-state index contributed by atoms with van der Waals surface area (Å²) in [5, 5.41) is 1.49. The van der Waals surface area contributed by atoms with Gasteiger partial charge in [0, 0.05) is 23.8 Å². The van der Waals surface area contributed by atoms with Gasteiger partial charge in [0.15, 0.2) is 5.16 Å². The van der Waals surface area contributed by atoms with E-state index in [1.807, 2.05) is 13.0 Å². The van der Waals surface area contributed by atoms with Gasteiger partial charge in [0.2, 0.25) is 0 Å². The summed E-state index contributed by atoms with van der Waals surface area (Å²) in [4.78, 5) is 12.6. The molecule has 0 aliphatic carbocycles. The molecule has 2 N–H and O–H groups in total. The lowest BCUT2D eigenvalue weighted by Gasteiger charge is -2.00. The molecule has 0 radical (unpaired) electrons. The van der Waals surface area contributed by atoms with Crippen LogP contribution in [-0.4, -0.2) is 15.0 Å². The average molecular weight is 218 g/mol. The van der Waals surface area contributed by atoms with E-state index in [0.29, 0.717) is 10.8 Å². The van der Waals surface area contributed by atoms with Crippen molar-refractivity contribution in [2.24, 2.45) is 0 Å². The molecule has 0 amide bonds. The lowest BCUT2D eigenvalue weighted by Crippen LogP contribution is -1.90. The highest BCUT2D eigenvalue weighted by molar-refractivity contribution is 7.99. The number of nitrogen functional groups attached to an aromatic ring is 1. The maximum Gasteiger partial charge on any atom is 0.194 e. The lowest BCUT2D eigenvalue weighted by molar-refractivity contribution is 0.928. The summed E-state index contributed by atoms with van der Waals surface area (Å²) < 4.78 is 0. The summed E-state index contributed by atoms with van der Waals surface area (Å²) in [7, 11) is 0. The maximum atomic E-state index is 5.65. The van der Waals surface area contributed by atoms with Crippen molar-refractivity contribution in [1.29, 1.82) is 0 Å². The lowest BCUT2D eigenvalue weighted by atomic mass is 10.4. The van der Waals surface area contributed by atoms with Crippen LogP contribution in [0.1, 0.15) is 5.69 Å². The maximum absolute atomic E-state index is 5.65. The molecule has 2 heterocycles. The fourth-order valence-electron chi connectivity index (χ4n) is 1.05. The van der Waals surface area contributed by atoms with E-state index in [2.05, 4.69) is 15.0 Å². The number of nitrogens with two attached hydrogens (primary N) is 1. The van der Waals surface area contributed by atoms with Gasteiger partial charge in [-0.1, -0.05) is 0 Å². The van der Waals surface area contributed by atoms with Crippen LogP contribution < -0.4 is 5.73 Å². The molecule has 15 heavy (non-hydrogen) atoms. The Labute approximate surface area is 92.0 Å². The molecule has 2 aromatic heterocycles. The Balaban J connectivity index is 2.22. The predicted octanol–water partition coefficient (Wildman–Crippen LogP) is 1.91. The standard InChI is InChI=1S/C10H10N4S/c1-7-2-4-13-10(14-7)15-9-6-8(11)3-5-12-9/h2-6H,1H3,(H2,11,12). The molecule has 76 valence electrons. The molecule has 0 saturated carbocycles. The van der Waals surface area contributed by atoms with Crippen molar-refractivity contribution in [3.63, 3.8) is 0 Å². The summed E-state index contributed by atoms with van der Waals surface area (Å²) in [5.41, 5.74) is 7.28. The van der Waals surface area contributed by atoms with Gasteiger partial charge >= 0.3 is 0 Å². The zero-order chi connectivity index (χ0) is 10.7. The number of nitrogens with zero attached hydrogens (tertiary/aromatic N) is 3. The number of aromatic nitrogens is 3. The van der Waals surface area contributed by atoms with Crippen molar-refractivity contribution in [3.8, 4) is 0 Å². The smallest absolute Gasteiger partial charge is 0.194 e. The zero-order valence-electron chi connectivity index (χ0n) is 8.21. The zero-order valence-corrected chi connectivity index (χ0v) is 9.03. The second kappa shape index (κ2) is 4.27. The van der Waals surface area contributed by atoms with Gasteiger partial charge in [-0.05, 0) is 36.9 Å². The number of pyridine rings is 1. The van der Waals surface area contributed by atoms with Gasteiger partial charge in [0.25, 0.3) is 0 Å². The monoisotopic (exact) mass is 218 g/mol. The minimum Gasteiger partial charge on any atom is -0.399 e. The van der Waals surface area contributed by atoms with Gasteiger partial charge in [0.1, 0.15) is 5.03 Å². The number of rotatable bonds is 2. The first-order chi connectivity index (χ1) is 7.24. The Morgan fingerprint density at radius 3 is 2.73 bits per heavy atom. The highest BCUT2D eigenvalue weighted by Gasteiger charge is 2.01. The highest BCUT2D eigenvalue weighted by atomic mass is 32.2. The van der Waals surface area contributed by atoms with Crippen molar-refractivity contribution >= 4 is 17.4 Å². The van der Waals surface area contributed by atoms with E-state index in [4.69, 9.17) is 5.73 Å². The fourth-order valence-corrected chi connectivity index (χ4v) is 1.85. The van der Waals surface area contributed by atoms with Crippen molar-refractivity contribution in [3.05, 3.63) is 36.3 Å². The predicted molar refractivity (Wildman–Crippen MR) is 59.5 cm³/mol. The van der Waals surface area contributed by atoms with Gasteiger partial charge in [-0.25, -0.2) is 15.0 Å². The third-order valence-corrected chi connectivity index (χ3v) is 2.54. The first kappa shape index (κ1) is 9.92. The molecule has 0 atom stereocenters. The number of hydrogen-bond acceptors (Lipinski definition) is 5. The van der Waals surface area contributed by atoms with E-state index in [1.165, 1.54) is 11.8 Å². The SMILES string of the molecule is Cc1ccnc(Sc2cc(N)ccn2)n1. The van der Waals surface area contributed by atoms with Crippen LogP contribution in [0.15, 0.2) is 40.8 Å². The molecule has 0 bridgehead atoms. The van der Waals surface area contributed by atoms with Crippen molar-refractivity contribution < 1.29 is 0 Å². The minimum atomic E-state index is 0.688. The first-order valence-electron chi connectivity index (χ1n) is 4.43. The molecular formula is C10H10N4S. The van der Waals surface area contributed by atoms with Crippen LogP contribution >= 0.6 is 11.8 Å². The molecule has 4 nitrogen and oxygen atoms in total. The molecular weight excluding hydrogens is 208 g/mol. The normalized spacial score (nSPS) is 10.2. The molecule has 0 spiro atoms. The van der Waals surface area contributed by atoms with Crippen LogP contribution in [0.5, 0.6) is 0 Å². The quantitative estimate of drug-likeness (QED) is 0.780.